The zero-order chi connectivity index (χ0) is 18.0. The van der Waals surface area contributed by atoms with E-state index in [1.807, 2.05) is 4.90 Å². The normalized spacial score (nSPS) is 24.3. The van der Waals surface area contributed by atoms with Crippen molar-refractivity contribution in [3.63, 3.8) is 0 Å². The van der Waals surface area contributed by atoms with Crippen LogP contribution in [-0.4, -0.2) is 60.5 Å². The molecule has 3 rings (SSSR count). The number of carbonyl (C=O) groups is 1. The Hall–Kier alpha value is -1.67. The maximum atomic E-state index is 13.3. The minimum atomic E-state index is -2.71. The summed E-state index contributed by atoms with van der Waals surface area (Å²) in [6.45, 7) is 1.42. The van der Waals surface area contributed by atoms with Gasteiger partial charge in [0.25, 0.3) is 11.8 Å². The number of hydrogen-bond acceptors (Lipinski definition) is 3. The third-order valence-corrected chi connectivity index (χ3v) is 4.56. The number of morpholine rings is 1. The Balaban J connectivity index is 1.58. The predicted molar refractivity (Wildman–Crippen MR) is 82.1 cm³/mol. The highest BCUT2D eigenvalue weighted by Crippen LogP contribution is 2.28. The molecule has 138 valence electrons. The van der Waals surface area contributed by atoms with Gasteiger partial charge in [-0.25, -0.2) is 17.6 Å². The quantitative estimate of drug-likeness (QED) is 0.777. The molecule has 2 aliphatic rings. The molecule has 0 radical (unpaired) electrons. The summed E-state index contributed by atoms with van der Waals surface area (Å²) < 4.78 is 58.5. The van der Waals surface area contributed by atoms with Gasteiger partial charge >= 0.3 is 0 Å². The van der Waals surface area contributed by atoms with E-state index in [9.17, 15) is 22.4 Å². The summed E-state index contributed by atoms with van der Waals surface area (Å²) in [6.07, 6.45) is -1.41. The molecule has 2 heterocycles. The van der Waals surface area contributed by atoms with E-state index >= 15 is 0 Å². The van der Waals surface area contributed by atoms with Gasteiger partial charge < -0.3 is 9.64 Å². The predicted octanol–water partition coefficient (Wildman–Crippen LogP) is 2.42. The van der Waals surface area contributed by atoms with E-state index in [1.54, 1.807) is 0 Å². The number of rotatable bonds is 3. The average molecular weight is 360 g/mol. The minimum absolute atomic E-state index is 0.0147. The number of benzene rings is 1. The zero-order valence-electron chi connectivity index (χ0n) is 13.7. The van der Waals surface area contributed by atoms with Gasteiger partial charge in [-0.15, -0.1) is 0 Å². The second kappa shape index (κ2) is 7.29. The lowest BCUT2D eigenvalue weighted by atomic mass is 10.1. The van der Waals surface area contributed by atoms with E-state index in [1.165, 1.54) is 17.0 Å². The molecule has 0 spiro atoms. The summed E-state index contributed by atoms with van der Waals surface area (Å²) in [4.78, 5) is 15.8. The third-order valence-electron chi connectivity index (χ3n) is 4.56. The van der Waals surface area contributed by atoms with Crippen molar-refractivity contribution in [1.82, 2.24) is 9.80 Å². The minimum Gasteiger partial charge on any atom is -0.366 e. The summed E-state index contributed by atoms with van der Waals surface area (Å²) in [5.74, 6) is -4.31. The molecule has 0 aromatic heterocycles. The number of nitrogens with zero attached hydrogens (tertiary/aromatic N) is 2. The topological polar surface area (TPSA) is 32.8 Å². The van der Waals surface area contributed by atoms with Gasteiger partial charge in [0.15, 0.2) is 0 Å². The Morgan fingerprint density at radius 3 is 2.40 bits per heavy atom. The Kier molecular flexibility index (Phi) is 5.29. The number of alkyl halides is 2. The van der Waals surface area contributed by atoms with Crippen molar-refractivity contribution in [2.45, 2.75) is 31.4 Å². The Bertz CT molecular complexity index is 611. The zero-order valence-corrected chi connectivity index (χ0v) is 13.7. The number of halogens is 4. The first kappa shape index (κ1) is 18.1. The second-order valence-corrected chi connectivity index (χ2v) is 6.55. The molecule has 0 N–H and O–H groups in total. The number of ether oxygens (including phenoxy) is 1. The van der Waals surface area contributed by atoms with Gasteiger partial charge in [0, 0.05) is 51.6 Å². The highest BCUT2D eigenvalue weighted by Gasteiger charge is 2.38. The van der Waals surface area contributed by atoms with Crippen LogP contribution in [-0.2, 0) is 16.1 Å². The number of hydrogen-bond donors (Lipinski definition) is 0. The van der Waals surface area contributed by atoms with E-state index in [-0.39, 0.29) is 38.4 Å². The average Bonchev–Trinajstić information content (AvgIpc) is 2.53. The van der Waals surface area contributed by atoms with Crippen LogP contribution < -0.4 is 0 Å². The van der Waals surface area contributed by atoms with Crippen molar-refractivity contribution < 1.29 is 27.1 Å². The van der Waals surface area contributed by atoms with Gasteiger partial charge in [-0.1, -0.05) is 0 Å². The molecule has 1 atom stereocenters. The lowest BCUT2D eigenvalue weighted by molar-refractivity contribution is -0.155. The van der Waals surface area contributed by atoms with E-state index in [0.29, 0.717) is 25.3 Å². The van der Waals surface area contributed by atoms with Crippen LogP contribution >= 0.6 is 0 Å². The maximum absolute atomic E-state index is 13.3. The maximum Gasteiger partial charge on any atom is 0.253 e. The first-order chi connectivity index (χ1) is 11.8. The first-order valence-electron chi connectivity index (χ1n) is 8.28. The van der Waals surface area contributed by atoms with Gasteiger partial charge in [-0.3, -0.25) is 9.69 Å². The van der Waals surface area contributed by atoms with Crippen molar-refractivity contribution in [1.29, 1.82) is 0 Å². The van der Waals surface area contributed by atoms with Gasteiger partial charge in [0.1, 0.15) is 17.7 Å². The van der Waals surface area contributed by atoms with Crippen LogP contribution in [0, 0.1) is 11.6 Å². The Labute approximate surface area is 143 Å². The van der Waals surface area contributed by atoms with Gasteiger partial charge in [-0.05, 0) is 17.7 Å². The Morgan fingerprint density at radius 1 is 1.12 bits per heavy atom. The number of amides is 1. The smallest absolute Gasteiger partial charge is 0.253 e. The molecule has 0 bridgehead atoms. The van der Waals surface area contributed by atoms with Crippen LogP contribution in [0.1, 0.15) is 18.4 Å². The first-order valence-corrected chi connectivity index (χ1v) is 8.28. The fraction of sp³-hybridized carbons (Fsp3) is 0.588. The third kappa shape index (κ3) is 4.70. The summed E-state index contributed by atoms with van der Waals surface area (Å²) in [5, 5.41) is 0. The lowest BCUT2D eigenvalue weighted by Crippen LogP contribution is -2.53. The molecule has 0 saturated carbocycles. The standard InChI is InChI=1S/C17H20F4N2O2/c18-13-7-12(8-14(19)9-13)10-22-5-6-25-15(11-22)16(24)23-3-1-17(20,21)2-4-23/h7-9,15H,1-6,10-11H2. The molecule has 0 aliphatic carbocycles. The Morgan fingerprint density at radius 2 is 1.76 bits per heavy atom. The summed E-state index contributed by atoms with van der Waals surface area (Å²) in [5.41, 5.74) is 0.475. The van der Waals surface area contributed by atoms with E-state index in [0.717, 1.165) is 6.07 Å². The molecule has 1 unspecified atom stereocenters. The molecule has 1 amide bonds. The van der Waals surface area contributed by atoms with Gasteiger partial charge in [-0.2, -0.15) is 0 Å². The SMILES string of the molecule is O=C(C1CN(Cc2cc(F)cc(F)c2)CCO1)N1CCC(F)(F)CC1. The van der Waals surface area contributed by atoms with Crippen LogP contribution in [0.2, 0.25) is 0 Å². The van der Waals surface area contributed by atoms with Crippen molar-refractivity contribution in [2.75, 3.05) is 32.8 Å². The fourth-order valence-electron chi connectivity index (χ4n) is 3.21. The molecule has 2 fully saturated rings. The van der Waals surface area contributed by atoms with Crippen LogP contribution in [0.5, 0.6) is 0 Å². The van der Waals surface area contributed by atoms with Crippen LogP contribution in [0.15, 0.2) is 18.2 Å². The van der Waals surface area contributed by atoms with E-state index in [2.05, 4.69) is 0 Å². The molecule has 2 saturated heterocycles. The molecule has 4 nitrogen and oxygen atoms in total. The molecular weight excluding hydrogens is 340 g/mol. The van der Waals surface area contributed by atoms with Gasteiger partial charge in [0.05, 0.1) is 6.61 Å². The molecule has 25 heavy (non-hydrogen) atoms. The van der Waals surface area contributed by atoms with Crippen molar-refractivity contribution in [2.24, 2.45) is 0 Å². The van der Waals surface area contributed by atoms with Crippen LogP contribution in [0.25, 0.3) is 0 Å². The largest absolute Gasteiger partial charge is 0.366 e. The van der Waals surface area contributed by atoms with E-state index in [4.69, 9.17) is 4.74 Å². The molecule has 1 aromatic carbocycles. The van der Waals surface area contributed by atoms with Crippen molar-refractivity contribution in [3.05, 3.63) is 35.4 Å². The summed E-state index contributed by atoms with van der Waals surface area (Å²) in [6, 6.07) is 3.31. The molecular formula is C17H20F4N2O2. The van der Waals surface area contributed by atoms with Crippen LogP contribution in [0.3, 0.4) is 0 Å². The number of carbonyl (C=O) groups excluding carboxylic acids is 1. The summed E-state index contributed by atoms with van der Waals surface area (Å²) in [7, 11) is 0. The monoisotopic (exact) mass is 360 g/mol. The fourth-order valence-corrected chi connectivity index (χ4v) is 3.21. The summed E-state index contributed by atoms with van der Waals surface area (Å²) >= 11 is 0. The van der Waals surface area contributed by atoms with Crippen molar-refractivity contribution >= 4 is 5.91 Å². The van der Waals surface area contributed by atoms with Crippen molar-refractivity contribution in [3.8, 4) is 0 Å². The molecule has 2 aliphatic heterocycles. The number of piperidine rings is 1. The second-order valence-electron chi connectivity index (χ2n) is 6.55. The molecule has 8 heteroatoms. The molecule has 1 aromatic rings. The highest BCUT2D eigenvalue weighted by atomic mass is 19.3. The lowest BCUT2D eigenvalue weighted by Gasteiger charge is -2.37. The van der Waals surface area contributed by atoms with Crippen LogP contribution in [0.4, 0.5) is 17.6 Å². The van der Waals surface area contributed by atoms with Gasteiger partial charge in [0.2, 0.25) is 0 Å². The van der Waals surface area contributed by atoms with E-state index < -0.39 is 23.7 Å². The highest BCUT2D eigenvalue weighted by molar-refractivity contribution is 5.81. The number of likely N-dealkylation sites (tertiary alicyclic amines) is 1.